The van der Waals surface area contributed by atoms with Crippen molar-refractivity contribution < 1.29 is 9.53 Å². The zero-order valence-corrected chi connectivity index (χ0v) is 12.2. The van der Waals surface area contributed by atoms with Gasteiger partial charge in [0, 0.05) is 31.9 Å². The van der Waals surface area contributed by atoms with E-state index in [2.05, 4.69) is 10.2 Å². The lowest BCUT2D eigenvalue weighted by molar-refractivity contribution is -0.131. The van der Waals surface area contributed by atoms with E-state index in [-0.39, 0.29) is 12.0 Å². The Morgan fingerprint density at radius 2 is 2.05 bits per heavy atom. The summed E-state index contributed by atoms with van der Waals surface area (Å²) in [4.78, 5) is 16.5. The van der Waals surface area contributed by atoms with Crippen molar-refractivity contribution in [1.29, 1.82) is 0 Å². The van der Waals surface area contributed by atoms with Crippen LogP contribution in [0.4, 0.5) is 5.69 Å². The maximum absolute atomic E-state index is 12.7. The van der Waals surface area contributed by atoms with Gasteiger partial charge in [-0.1, -0.05) is 18.2 Å². The minimum atomic E-state index is -0.383. The van der Waals surface area contributed by atoms with E-state index in [4.69, 9.17) is 4.74 Å². The Labute approximate surface area is 120 Å². The van der Waals surface area contributed by atoms with Gasteiger partial charge in [0.15, 0.2) is 0 Å². The number of carbonyl (C=O) groups excluding carboxylic acids is 1. The van der Waals surface area contributed by atoms with E-state index < -0.39 is 0 Å². The molecule has 0 unspecified atom stereocenters. The fourth-order valence-electron chi connectivity index (χ4n) is 2.17. The minimum absolute atomic E-state index is 0.0326. The Morgan fingerprint density at radius 3 is 2.65 bits per heavy atom. The first-order chi connectivity index (χ1) is 9.68. The Hall–Kier alpha value is -1.43. The maximum atomic E-state index is 12.7. The van der Waals surface area contributed by atoms with Gasteiger partial charge >= 0.3 is 0 Å². The molecule has 1 fully saturated rings. The molecule has 1 atom stereocenters. The molecule has 5 nitrogen and oxygen atoms in total. The number of carbonyl (C=O) groups is 1. The van der Waals surface area contributed by atoms with Gasteiger partial charge in [-0.25, -0.2) is 0 Å². The standard InChI is InChI=1S/C15H23N3O2/c1-17(2)9-10-18(13-6-4-3-5-7-13)15(19)14-12-16-8-11-20-14/h3-7,14,16H,8-12H2,1-2H3/t14-/m1/s1. The highest BCUT2D eigenvalue weighted by Gasteiger charge is 2.27. The highest BCUT2D eigenvalue weighted by atomic mass is 16.5. The van der Waals surface area contributed by atoms with Crippen molar-refractivity contribution in [2.24, 2.45) is 0 Å². The van der Waals surface area contributed by atoms with Crippen LogP contribution in [0.3, 0.4) is 0 Å². The lowest BCUT2D eigenvalue weighted by Gasteiger charge is -2.30. The third-order valence-corrected chi connectivity index (χ3v) is 3.31. The molecule has 5 heteroatoms. The summed E-state index contributed by atoms with van der Waals surface area (Å²) in [7, 11) is 4.01. The fourth-order valence-corrected chi connectivity index (χ4v) is 2.17. The number of nitrogens with one attached hydrogen (secondary N) is 1. The first kappa shape index (κ1) is 15.0. The second-order valence-electron chi connectivity index (χ2n) is 5.19. The molecule has 0 radical (unpaired) electrons. The van der Waals surface area contributed by atoms with Crippen molar-refractivity contribution in [3.8, 4) is 0 Å². The van der Waals surface area contributed by atoms with Crippen LogP contribution in [0.1, 0.15) is 0 Å². The van der Waals surface area contributed by atoms with Crippen molar-refractivity contribution in [2.45, 2.75) is 6.10 Å². The summed E-state index contributed by atoms with van der Waals surface area (Å²) in [5.41, 5.74) is 0.925. The summed E-state index contributed by atoms with van der Waals surface area (Å²) in [6.07, 6.45) is -0.383. The molecule has 1 aliphatic heterocycles. The molecule has 0 aliphatic carbocycles. The van der Waals surface area contributed by atoms with Gasteiger partial charge in [0.25, 0.3) is 5.91 Å². The van der Waals surface area contributed by atoms with Crippen LogP contribution in [0, 0.1) is 0 Å². The molecular weight excluding hydrogens is 254 g/mol. The minimum Gasteiger partial charge on any atom is -0.366 e. The number of para-hydroxylation sites is 1. The summed E-state index contributed by atoms with van der Waals surface area (Å²) in [5.74, 6) is 0.0326. The molecule has 1 saturated heterocycles. The fraction of sp³-hybridized carbons (Fsp3) is 0.533. The zero-order valence-electron chi connectivity index (χ0n) is 12.2. The highest BCUT2D eigenvalue weighted by Crippen LogP contribution is 2.15. The lowest BCUT2D eigenvalue weighted by atomic mass is 10.2. The maximum Gasteiger partial charge on any atom is 0.257 e. The topological polar surface area (TPSA) is 44.8 Å². The summed E-state index contributed by atoms with van der Waals surface area (Å²) in [6.45, 7) is 3.47. The smallest absolute Gasteiger partial charge is 0.257 e. The monoisotopic (exact) mass is 277 g/mol. The van der Waals surface area contributed by atoms with Crippen molar-refractivity contribution >= 4 is 11.6 Å². The second-order valence-corrected chi connectivity index (χ2v) is 5.19. The van der Waals surface area contributed by atoms with E-state index in [9.17, 15) is 4.79 Å². The van der Waals surface area contributed by atoms with Crippen LogP contribution in [0.2, 0.25) is 0 Å². The Bertz CT molecular complexity index is 416. The van der Waals surface area contributed by atoms with Crippen molar-refractivity contribution in [3.05, 3.63) is 30.3 Å². The van der Waals surface area contributed by atoms with Gasteiger partial charge in [0.2, 0.25) is 0 Å². The summed E-state index contributed by atoms with van der Waals surface area (Å²) >= 11 is 0. The molecule has 110 valence electrons. The van der Waals surface area contributed by atoms with E-state index in [0.29, 0.717) is 19.7 Å². The third kappa shape index (κ3) is 4.03. The molecule has 1 aliphatic rings. The molecular formula is C15H23N3O2. The number of benzene rings is 1. The quantitative estimate of drug-likeness (QED) is 0.854. The van der Waals surface area contributed by atoms with E-state index in [1.165, 1.54) is 0 Å². The predicted molar refractivity (Wildman–Crippen MR) is 80.0 cm³/mol. The Balaban J connectivity index is 2.10. The molecule has 1 aromatic rings. The average Bonchev–Trinajstić information content (AvgIpc) is 2.49. The molecule has 0 bridgehead atoms. The third-order valence-electron chi connectivity index (χ3n) is 3.31. The first-order valence-electron chi connectivity index (χ1n) is 7.02. The molecule has 1 amide bonds. The van der Waals surface area contributed by atoms with Crippen molar-refractivity contribution in [3.63, 3.8) is 0 Å². The Kier molecular flexibility index (Phi) is 5.52. The number of morpholine rings is 1. The number of ether oxygens (including phenoxy) is 1. The van der Waals surface area contributed by atoms with E-state index >= 15 is 0 Å². The summed E-state index contributed by atoms with van der Waals surface area (Å²) in [5, 5.41) is 3.20. The van der Waals surface area contributed by atoms with Crippen LogP contribution >= 0.6 is 0 Å². The molecule has 1 N–H and O–H groups in total. The molecule has 0 saturated carbocycles. The summed E-state index contributed by atoms with van der Waals surface area (Å²) in [6, 6.07) is 9.78. The van der Waals surface area contributed by atoms with Crippen molar-refractivity contribution in [1.82, 2.24) is 10.2 Å². The number of nitrogens with zero attached hydrogens (tertiary/aromatic N) is 2. The van der Waals surface area contributed by atoms with Crippen LogP contribution in [-0.4, -0.2) is 63.8 Å². The molecule has 1 heterocycles. The molecule has 0 spiro atoms. The van der Waals surface area contributed by atoms with Gasteiger partial charge in [-0.2, -0.15) is 0 Å². The largest absolute Gasteiger partial charge is 0.366 e. The van der Waals surface area contributed by atoms with Crippen LogP contribution in [-0.2, 0) is 9.53 Å². The van der Waals surface area contributed by atoms with Crippen LogP contribution in [0.25, 0.3) is 0 Å². The molecule has 0 aromatic heterocycles. The van der Waals surface area contributed by atoms with Gasteiger partial charge in [-0.05, 0) is 26.2 Å². The van der Waals surface area contributed by atoms with Gasteiger partial charge in [-0.15, -0.1) is 0 Å². The van der Waals surface area contributed by atoms with Crippen molar-refractivity contribution in [2.75, 3.05) is 51.8 Å². The zero-order chi connectivity index (χ0) is 14.4. The molecule has 20 heavy (non-hydrogen) atoms. The van der Waals surface area contributed by atoms with Gasteiger partial charge in [-0.3, -0.25) is 4.79 Å². The SMILES string of the molecule is CN(C)CCN(C(=O)[C@H]1CNCCO1)c1ccccc1. The van der Waals surface area contributed by atoms with E-state index in [1.54, 1.807) is 0 Å². The van der Waals surface area contributed by atoms with Gasteiger partial charge in [0.1, 0.15) is 6.10 Å². The Morgan fingerprint density at radius 1 is 1.30 bits per heavy atom. The van der Waals surface area contributed by atoms with E-state index in [1.807, 2.05) is 49.3 Å². The number of likely N-dealkylation sites (N-methyl/N-ethyl adjacent to an activating group) is 1. The van der Waals surface area contributed by atoms with Gasteiger partial charge < -0.3 is 19.9 Å². The van der Waals surface area contributed by atoms with Crippen LogP contribution < -0.4 is 10.2 Å². The molecule has 2 rings (SSSR count). The van der Waals surface area contributed by atoms with Crippen LogP contribution in [0.5, 0.6) is 0 Å². The molecule has 1 aromatic carbocycles. The van der Waals surface area contributed by atoms with Gasteiger partial charge in [0.05, 0.1) is 6.61 Å². The normalized spacial score (nSPS) is 19.1. The lowest BCUT2D eigenvalue weighted by Crippen LogP contribution is -2.50. The second kappa shape index (κ2) is 7.38. The predicted octanol–water partition coefficient (Wildman–Crippen LogP) is 0.570. The highest BCUT2D eigenvalue weighted by molar-refractivity contribution is 5.96. The number of amides is 1. The van der Waals surface area contributed by atoms with E-state index in [0.717, 1.165) is 18.8 Å². The number of hydrogen-bond acceptors (Lipinski definition) is 4. The average molecular weight is 277 g/mol. The number of rotatable bonds is 5. The number of hydrogen-bond donors (Lipinski definition) is 1. The summed E-state index contributed by atoms with van der Waals surface area (Å²) < 4.78 is 5.58. The first-order valence-corrected chi connectivity index (χ1v) is 7.02. The number of anilines is 1. The van der Waals surface area contributed by atoms with Crippen LogP contribution in [0.15, 0.2) is 30.3 Å².